The fourth-order valence-corrected chi connectivity index (χ4v) is 3.02. The summed E-state index contributed by atoms with van der Waals surface area (Å²) in [6, 6.07) is 0.426. The van der Waals surface area contributed by atoms with Crippen molar-refractivity contribution in [3.63, 3.8) is 0 Å². The molecule has 1 unspecified atom stereocenters. The van der Waals surface area contributed by atoms with Gasteiger partial charge in [0.05, 0.1) is 26.4 Å². The van der Waals surface area contributed by atoms with Gasteiger partial charge in [-0.05, 0) is 38.1 Å². The molecule has 7 heteroatoms. The Morgan fingerprint density at radius 3 is 2.54 bits per heavy atom. The van der Waals surface area contributed by atoms with E-state index in [0.717, 1.165) is 59.0 Å². The molecule has 1 rings (SSSR count). The molecular formula is C21H48N4O3. The smallest absolute Gasteiger partial charge is 0.0701 e. The van der Waals surface area contributed by atoms with Crippen LogP contribution in [0.4, 0.5) is 0 Å². The van der Waals surface area contributed by atoms with Crippen LogP contribution in [0.5, 0.6) is 0 Å². The molecule has 1 heterocycles. The molecule has 3 N–H and O–H groups in total. The lowest BCUT2D eigenvalue weighted by atomic mass is 9.85. The molecule has 0 aliphatic carbocycles. The first-order chi connectivity index (χ1) is 13.6. The van der Waals surface area contributed by atoms with Crippen molar-refractivity contribution in [2.45, 2.75) is 65.8 Å². The van der Waals surface area contributed by atoms with E-state index in [1.807, 2.05) is 6.92 Å². The van der Waals surface area contributed by atoms with E-state index in [0.29, 0.717) is 24.7 Å². The van der Waals surface area contributed by atoms with Gasteiger partial charge in [0, 0.05) is 40.3 Å². The maximum Gasteiger partial charge on any atom is 0.0701 e. The van der Waals surface area contributed by atoms with Gasteiger partial charge in [0.1, 0.15) is 0 Å². The van der Waals surface area contributed by atoms with Gasteiger partial charge < -0.3 is 19.5 Å². The van der Waals surface area contributed by atoms with Crippen molar-refractivity contribution in [3.05, 3.63) is 0 Å². The van der Waals surface area contributed by atoms with Gasteiger partial charge in [-0.1, -0.05) is 33.6 Å². The van der Waals surface area contributed by atoms with Crippen LogP contribution < -0.4 is 16.3 Å². The highest BCUT2D eigenvalue weighted by Gasteiger charge is 2.20. The topological polar surface area (TPSA) is 67.0 Å². The van der Waals surface area contributed by atoms with Crippen LogP contribution in [0.15, 0.2) is 0 Å². The summed E-state index contributed by atoms with van der Waals surface area (Å²) in [5.41, 5.74) is 6.97. The molecule has 0 aromatic rings. The largest absolute Gasteiger partial charge is 0.380 e. The minimum absolute atomic E-state index is 0. The van der Waals surface area contributed by atoms with Crippen LogP contribution in [-0.2, 0) is 14.2 Å². The van der Waals surface area contributed by atoms with Gasteiger partial charge in [0.15, 0.2) is 0 Å². The van der Waals surface area contributed by atoms with Crippen molar-refractivity contribution in [2.24, 2.45) is 5.41 Å². The molecule has 0 spiro atoms. The lowest BCUT2D eigenvalue weighted by molar-refractivity contribution is 0.0459. The van der Waals surface area contributed by atoms with E-state index in [1.165, 1.54) is 25.7 Å². The first-order valence-electron chi connectivity index (χ1n) is 11.3. The SMILES string of the molecule is CCOCCN1CC(CCOCCOCCNCCCCC(C)(C)CC)NN1.[HH]. The van der Waals surface area contributed by atoms with Crippen molar-refractivity contribution in [1.29, 1.82) is 0 Å². The minimum atomic E-state index is 0. The maximum atomic E-state index is 5.68. The molecule has 0 radical (unpaired) electrons. The number of hydrogen-bond donors (Lipinski definition) is 3. The Bertz CT molecular complexity index is 365. The van der Waals surface area contributed by atoms with Crippen LogP contribution in [0.3, 0.4) is 0 Å². The number of nitrogens with one attached hydrogen (secondary N) is 3. The van der Waals surface area contributed by atoms with E-state index in [4.69, 9.17) is 14.2 Å². The van der Waals surface area contributed by atoms with Gasteiger partial charge in [0.25, 0.3) is 0 Å². The number of hydrazine groups is 2. The fraction of sp³-hybridized carbons (Fsp3) is 1.00. The second kappa shape index (κ2) is 16.5. The zero-order valence-electron chi connectivity index (χ0n) is 18.9. The van der Waals surface area contributed by atoms with Gasteiger partial charge in [-0.25, -0.2) is 10.4 Å². The summed E-state index contributed by atoms with van der Waals surface area (Å²) in [5.74, 6) is 0. The Morgan fingerprint density at radius 2 is 1.79 bits per heavy atom. The lowest BCUT2D eigenvalue weighted by Crippen LogP contribution is -2.38. The highest BCUT2D eigenvalue weighted by molar-refractivity contribution is 4.73. The first-order valence-corrected chi connectivity index (χ1v) is 11.3. The van der Waals surface area contributed by atoms with Crippen molar-refractivity contribution in [2.75, 3.05) is 65.8 Å². The van der Waals surface area contributed by atoms with Crippen LogP contribution >= 0.6 is 0 Å². The Hall–Kier alpha value is -0.280. The van der Waals surface area contributed by atoms with Crippen LogP contribution in [0.2, 0.25) is 0 Å². The molecule has 0 amide bonds. The average Bonchev–Trinajstić information content (AvgIpc) is 3.13. The van der Waals surface area contributed by atoms with Crippen LogP contribution in [0.25, 0.3) is 0 Å². The predicted molar refractivity (Wildman–Crippen MR) is 117 cm³/mol. The number of unbranched alkanes of at least 4 members (excludes halogenated alkanes) is 1. The number of hydrogen-bond acceptors (Lipinski definition) is 7. The molecule has 1 aliphatic heterocycles. The highest BCUT2D eigenvalue weighted by atomic mass is 16.5. The second-order valence-electron chi connectivity index (χ2n) is 8.33. The van der Waals surface area contributed by atoms with E-state index < -0.39 is 0 Å². The third kappa shape index (κ3) is 13.8. The molecule has 0 bridgehead atoms. The standard InChI is InChI=1S/C21H46N4O3.H2/c1-5-21(3,4)10-7-8-11-22-12-15-28-18-17-27-14-9-20-19-25(24-23-20)13-16-26-6-2;/h20,22-24H,5-19H2,1-4H3;1H. The normalized spacial score (nSPS) is 18.2. The zero-order valence-corrected chi connectivity index (χ0v) is 18.9. The average molecular weight is 405 g/mol. The predicted octanol–water partition coefficient (Wildman–Crippen LogP) is 2.58. The maximum absolute atomic E-state index is 5.68. The summed E-state index contributed by atoms with van der Waals surface area (Å²) in [5, 5.41) is 5.61. The number of ether oxygens (including phenoxy) is 3. The molecule has 1 aliphatic rings. The number of nitrogens with zero attached hydrogens (tertiary/aromatic N) is 1. The van der Waals surface area contributed by atoms with Crippen molar-refractivity contribution < 1.29 is 15.6 Å². The molecule has 170 valence electrons. The van der Waals surface area contributed by atoms with Gasteiger partial charge in [0.2, 0.25) is 0 Å². The summed E-state index contributed by atoms with van der Waals surface area (Å²) in [4.78, 5) is 0. The Morgan fingerprint density at radius 1 is 1.00 bits per heavy atom. The van der Waals surface area contributed by atoms with Crippen LogP contribution in [0, 0.1) is 5.41 Å². The van der Waals surface area contributed by atoms with Gasteiger partial charge >= 0.3 is 0 Å². The highest BCUT2D eigenvalue weighted by Crippen LogP contribution is 2.26. The summed E-state index contributed by atoms with van der Waals surface area (Å²) in [6.45, 7) is 17.3. The molecule has 28 heavy (non-hydrogen) atoms. The van der Waals surface area contributed by atoms with Crippen molar-refractivity contribution in [3.8, 4) is 0 Å². The van der Waals surface area contributed by atoms with E-state index >= 15 is 0 Å². The molecule has 7 nitrogen and oxygen atoms in total. The molecular weight excluding hydrogens is 356 g/mol. The van der Waals surface area contributed by atoms with E-state index in [2.05, 4.69) is 42.1 Å². The van der Waals surface area contributed by atoms with E-state index in [9.17, 15) is 0 Å². The summed E-state index contributed by atoms with van der Waals surface area (Å²) in [7, 11) is 0. The molecule has 1 saturated heterocycles. The van der Waals surface area contributed by atoms with Crippen LogP contribution in [-0.4, -0.2) is 76.9 Å². The van der Waals surface area contributed by atoms with Crippen molar-refractivity contribution >= 4 is 0 Å². The van der Waals surface area contributed by atoms with Gasteiger partial charge in [-0.15, -0.1) is 0 Å². The summed E-state index contributed by atoms with van der Waals surface area (Å²) < 4.78 is 16.7. The molecule has 0 aromatic carbocycles. The first kappa shape index (κ1) is 25.8. The monoisotopic (exact) mass is 404 g/mol. The molecule has 1 atom stereocenters. The fourth-order valence-electron chi connectivity index (χ4n) is 3.02. The van der Waals surface area contributed by atoms with Gasteiger partial charge in [-0.3, -0.25) is 0 Å². The number of rotatable bonds is 19. The summed E-state index contributed by atoms with van der Waals surface area (Å²) in [6.07, 6.45) is 6.13. The Kier molecular flexibility index (Phi) is 15.2. The van der Waals surface area contributed by atoms with Crippen molar-refractivity contribution in [1.82, 2.24) is 21.3 Å². The van der Waals surface area contributed by atoms with Crippen LogP contribution in [0.1, 0.15) is 61.2 Å². The van der Waals surface area contributed by atoms with Gasteiger partial charge in [-0.2, -0.15) is 5.53 Å². The third-order valence-electron chi connectivity index (χ3n) is 5.40. The quantitative estimate of drug-likeness (QED) is 0.286. The molecule has 1 fully saturated rings. The lowest BCUT2D eigenvalue weighted by Gasteiger charge is -2.22. The molecule has 0 saturated carbocycles. The Labute approximate surface area is 174 Å². The van der Waals surface area contributed by atoms with E-state index in [1.54, 1.807) is 0 Å². The Balaban J connectivity index is 0.00000784. The third-order valence-corrected chi connectivity index (χ3v) is 5.40. The zero-order chi connectivity index (χ0) is 20.5. The minimum Gasteiger partial charge on any atom is -0.380 e. The summed E-state index contributed by atoms with van der Waals surface area (Å²) >= 11 is 0. The second-order valence-corrected chi connectivity index (χ2v) is 8.33. The molecule has 0 aromatic heterocycles. The van der Waals surface area contributed by atoms with E-state index in [-0.39, 0.29) is 1.43 Å².